The lowest BCUT2D eigenvalue weighted by molar-refractivity contribution is 0.669. The highest BCUT2D eigenvalue weighted by atomic mass is 32.1. The Morgan fingerprint density at radius 1 is 0.368 bits per heavy atom. The number of nitrogens with zero attached hydrogens (tertiary/aromatic N) is 4. The molecule has 0 radical (unpaired) electrons. The molecule has 12 aromatic rings. The first-order chi connectivity index (χ1) is 28.2. The molecule has 0 bridgehead atoms. The van der Waals surface area contributed by atoms with Crippen molar-refractivity contribution >= 4 is 75.3 Å². The molecule has 0 aliphatic heterocycles. The van der Waals surface area contributed by atoms with E-state index >= 15 is 0 Å². The second kappa shape index (κ2) is 12.6. The van der Waals surface area contributed by atoms with E-state index < -0.39 is 0 Å². The number of para-hydroxylation sites is 2. The van der Waals surface area contributed by atoms with E-state index in [0.717, 1.165) is 55.3 Å². The van der Waals surface area contributed by atoms with Crippen molar-refractivity contribution < 1.29 is 4.42 Å². The number of hydrogen-bond acceptors (Lipinski definition) is 5. The number of aromatic nitrogens is 4. The molecule has 266 valence electrons. The van der Waals surface area contributed by atoms with Gasteiger partial charge in [-0.1, -0.05) is 133 Å². The van der Waals surface area contributed by atoms with Gasteiger partial charge < -0.3 is 8.98 Å². The van der Waals surface area contributed by atoms with Crippen LogP contribution >= 0.6 is 11.3 Å². The van der Waals surface area contributed by atoms with Crippen molar-refractivity contribution in [2.24, 2.45) is 0 Å². The highest BCUT2D eigenvalue weighted by Crippen LogP contribution is 2.41. The summed E-state index contributed by atoms with van der Waals surface area (Å²) < 4.78 is 11.4. The van der Waals surface area contributed by atoms with Crippen LogP contribution in [0.2, 0.25) is 0 Å². The Kier molecular flexibility index (Phi) is 7.03. The summed E-state index contributed by atoms with van der Waals surface area (Å²) in [5.74, 6) is 1.84. The van der Waals surface area contributed by atoms with E-state index in [4.69, 9.17) is 19.4 Å². The van der Waals surface area contributed by atoms with Crippen LogP contribution in [0, 0.1) is 0 Å². The molecule has 0 unspecified atom stereocenters. The lowest BCUT2D eigenvalue weighted by atomic mass is 10.0. The van der Waals surface area contributed by atoms with Gasteiger partial charge in [0.25, 0.3) is 0 Å². The first kappa shape index (κ1) is 31.9. The summed E-state index contributed by atoms with van der Waals surface area (Å²) in [6, 6.07) is 63.8. The maximum absolute atomic E-state index is 6.64. The molecule has 0 aliphatic carbocycles. The van der Waals surface area contributed by atoms with Crippen LogP contribution in [-0.4, -0.2) is 19.5 Å². The maximum Gasteiger partial charge on any atom is 0.164 e. The third-order valence-electron chi connectivity index (χ3n) is 11.1. The number of benzene rings is 8. The highest BCUT2D eigenvalue weighted by Gasteiger charge is 2.20. The van der Waals surface area contributed by atoms with E-state index in [1.54, 1.807) is 11.3 Å². The Morgan fingerprint density at radius 2 is 0.895 bits per heavy atom. The van der Waals surface area contributed by atoms with Crippen LogP contribution in [0.25, 0.3) is 115 Å². The standard InChI is InChI=1S/C51H30N4OS/c1-3-12-31(13-4-1)33-22-25-38-39-26-23-35(30-47(39)57-46(38)29-33)51-53-49(32-14-5-2-6-15-32)52-50(54-51)34-24-27-40-45(28-34)56-44-21-11-20-43(48(40)44)55-41-18-9-7-16-36(41)37-17-8-10-19-42(37)55/h1-30H. The first-order valence-corrected chi connectivity index (χ1v) is 19.8. The summed E-state index contributed by atoms with van der Waals surface area (Å²) >= 11 is 1.80. The number of hydrogen-bond donors (Lipinski definition) is 0. The molecule has 4 heterocycles. The van der Waals surface area contributed by atoms with Crippen LogP contribution in [0.15, 0.2) is 186 Å². The zero-order valence-corrected chi connectivity index (χ0v) is 31.2. The first-order valence-electron chi connectivity index (χ1n) is 19.0. The fourth-order valence-electron chi connectivity index (χ4n) is 8.39. The van der Waals surface area contributed by atoms with Crippen LogP contribution in [0.1, 0.15) is 0 Å². The smallest absolute Gasteiger partial charge is 0.164 e. The van der Waals surface area contributed by atoms with E-state index in [9.17, 15) is 0 Å². The summed E-state index contributed by atoms with van der Waals surface area (Å²) in [5, 5.41) is 7.04. The number of fused-ring (bicyclic) bond motifs is 9. The lowest BCUT2D eigenvalue weighted by Crippen LogP contribution is -2.00. The van der Waals surface area contributed by atoms with Crippen LogP contribution < -0.4 is 0 Å². The van der Waals surface area contributed by atoms with Crippen LogP contribution in [0.3, 0.4) is 0 Å². The third kappa shape index (κ3) is 5.12. The predicted octanol–water partition coefficient (Wildman–Crippen LogP) is 13.9. The molecular formula is C51H30N4OS. The van der Waals surface area contributed by atoms with Crippen molar-refractivity contribution in [1.82, 2.24) is 19.5 Å². The Morgan fingerprint density at radius 3 is 1.56 bits per heavy atom. The van der Waals surface area contributed by atoms with Gasteiger partial charge in [-0.3, -0.25) is 0 Å². The molecular weight excluding hydrogens is 717 g/mol. The van der Waals surface area contributed by atoms with Crippen molar-refractivity contribution in [2.45, 2.75) is 0 Å². The van der Waals surface area contributed by atoms with Gasteiger partial charge in [0, 0.05) is 53.0 Å². The molecule has 0 fully saturated rings. The van der Waals surface area contributed by atoms with Gasteiger partial charge in [-0.05, 0) is 59.7 Å². The normalized spacial score (nSPS) is 11.9. The minimum absolute atomic E-state index is 0.591. The average Bonchev–Trinajstić information content (AvgIpc) is 3.95. The van der Waals surface area contributed by atoms with Gasteiger partial charge in [0.05, 0.1) is 22.1 Å². The van der Waals surface area contributed by atoms with Crippen LogP contribution in [0.5, 0.6) is 0 Å². The molecule has 0 N–H and O–H groups in total. The minimum Gasteiger partial charge on any atom is -0.456 e. The lowest BCUT2D eigenvalue weighted by Gasteiger charge is -2.10. The van der Waals surface area contributed by atoms with E-state index in [0.29, 0.717) is 17.5 Å². The SMILES string of the molecule is c1ccc(-c2ccc3c(c2)sc2cc(-c4nc(-c5ccccc5)nc(-c5ccc6c(c5)oc5cccc(-n7c8ccccc8c8ccccc87)c56)n4)ccc23)cc1. The molecule has 57 heavy (non-hydrogen) atoms. The Bertz CT molecular complexity index is 3470. The van der Waals surface area contributed by atoms with Gasteiger partial charge in [-0.2, -0.15) is 0 Å². The monoisotopic (exact) mass is 746 g/mol. The zero-order valence-electron chi connectivity index (χ0n) is 30.4. The zero-order chi connectivity index (χ0) is 37.5. The number of furan rings is 1. The summed E-state index contributed by atoms with van der Waals surface area (Å²) in [4.78, 5) is 15.3. The van der Waals surface area contributed by atoms with Gasteiger partial charge >= 0.3 is 0 Å². The summed E-state index contributed by atoms with van der Waals surface area (Å²) in [6.07, 6.45) is 0. The fourth-order valence-corrected chi connectivity index (χ4v) is 9.58. The highest BCUT2D eigenvalue weighted by molar-refractivity contribution is 7.25. The topological polar surface area (TPSA) is 56.7 Å². The molecule has 12 rings (SSSR count). The number of rotatable bonds is 5. The summed E-state index contributed by atoms with van der Waals surface area (Å²) in [6.45, 7) is 0. The van der Waals surface area contributed by atoms with Gasteiger partial charge in [0.1, 0.15) is 11.2 Å². The quantitative estimate of drug-likeness (QED) is 0.176. The molecule has 5 nitrogen and oxygen atoms in total. The van der Waals surface area contributed by atoms with Crippen molar-refractivity contribution in [1.29, 1.82) is 0 Å². The molecule has 8 aromatic carbocycles. The average molecular weight is 747 g/mol. The van der Waals surface area contributed by atoms with Crippen LogP contribution in [0.4, 0.5) is 0 Å². The molecule has 0 amide bonds. The number of thiophene rings is 1. The van der Waals surface area contributed by atoms with Gasteiger partial charge in [0.2, 0.25) is 0 Å². The third-order valence-corrected chi connectivity index (χ3v) is 12.2. The van der Waals surface area contributed by atoms with E-state index in [1.807, 2.05) is 36.4 Å². The molecule has 6 heteroatoms. The van der Waals surface area contributed by atoms with Crippen molar-refractivity contribution in [3.05, 3.63) is 182 Å². The predicted molar refractivity (Wildman–Crippen MR) is 236 cm³/mol. The van der Waals surface area contributed by atoms with Gasteiger partial charge in [-0.15, -0.1) is 11.3 Å². The maximum atomic E-state index is 6.64. The Labute approximate surface area is 330 Å². The van der Waals surface area contributed by atoms with Crippen LogP contribution in [-0.2, 0) is 0 Å². The van der Waals surface area contributed by atoms with Gasteiger partial charge in [-0.25, -0.2) is 15.0 Å². The minimum atomic E-state index is 0.591. The van der Waals surface area contributed by atoms with Crippen molar-refractivity contribution in [3.8, 4) is 51.0 Å². The second-order valence-electron chi connectivity index (χ2n) is 14.4. The van der Waals surface area contributed by atoms with E-state index in [2.05, 4.69) is 150 Å². The molecule has 0 saturated heterocycles. The summed E-state index contributed by atoms with van der Waals surface area (Å²) in [7, 11) is 0. The van der Waals surface area contributed by atoms with Gasteiger partial charge in [0.15, 0.2) is 17.5 Å². The van der Waals surface area contributed by atoms with Crippen molar-refractivity contribution in [3.63, 3.8) is 0 Å². The Hall–Kier alpha value is -7.41. The van der Waals surface area contributed by atoms with E-state index in [-0.39, 0.29) is 0 Å². The summed E-state index contributed by atoms with van der Waals surface area (Å²) in [5.41, 5.74) is 10.2. The van der Waals surface area contributed by atoms with E-state index in [1.165, 1.54) is 42.1 Å². The fraction of sp³-hybridized carbons (Fsp3) is 0. The van der Waals surface area contributed by atoms with Crippen molar-refractivity contribution in [2.75, 3.05) is 0 Å². The molecule has 4 aromatic heterocycles. The largest absolute Gasteiger partial charge is 0.456 e. The second-order valence-corrected chi connectivity index (χ2v) is 15.5. The molecule has 0 spiro atoms. The molecule has 0 aliphatic rings. The molecule has 0 atom stereocenters. The Balaban J connectivity index is 1.00. The molecule has 0 saturated carbocycles.